The van der Waals surface area contributed by atoms with Crippen molar-refractivity contribution in [3.8, 4) is 10.4 Å². The Labute approximate surface area is 132 Å². The molecule has 0 saturated carbocycles. The van der Waals surface area contributed by atoms with E-state index in [0.717, 1.165) is 21.0 Å². The van der Waals surface area contributed by atoms with Crippen LogP contribution in [0, 0.1) is 6.92 Å². The summed E-state index contributed by atoms with van der Waals surface area (Å²) in [5, 5.41) is 7.87. The van der Waals surface area contributed by atoms with Crippen LogP contribution in [0.1, 0.15) is 21.1 Å². The van der Waals surface area contributed by atoms with E-state index in [2.05, 4.69) is 15.4 Å². The Morgan fingerprint density at radius 2 is 2.09 bits per heavy atom. The Bertz CT molecular complexity index is 792. The third-order valence-electron chi connectivity index (χ3n) is 3.20. The molecule has 6 heteroatoms. The first-order valence-corrected chi connectivity index (χ1v) is 7.73. The van der Waals surface area contributed by atoms with Crippen LogP contribution in [-0.4, -0.2) is 20.7 Å². The predicted molar refractivity (Wildman–Crippen MR) is 86.7 cm³/mol. The fraction of sp³-hybridized carbons (Fsp3) is 0.188. The van der Waals surface area contributed by atoms with Gasteiger partial charge in [0.2, 0.25) is 0 Å². The highest BCUT2D eigenvalue weighted by molar-refractivity contribution is 7.15. The lowest BCUT2D eigenvalue weighted by atomic mass is 10.1. The minimum absolute atomic E-state index is 0.160. The van der Waals surface area contributed by atoms with Gasteiger partial charge in [0.25, 0.3) is 5.91 Å². The largest absolute Gasteiger partial charge is 0.346 e. The molecule has 0 aliphatic carbocycles. The highest BCUT2D eigenvalue weighted by atomic mass is 32.1. The summed E-state index contributed by atoms with van der Waals surface area (Å²) < 4.78 is 1.71. The summed E-state index contributed by atoms with van der Waals surface area (Å²) in [6.45, 7) is 2.35. The van der Waals surface area contributed by atoms with Crippen LogP contribution in [0.5, 0.6) is 0 Å². The molecule has 0 aliphatic heterocycles. The summed E-state index contributed by atoms with van der Waals surface area (Å²) in [7, 11) is 1.85. The SMILES string of the molecule is Cc1nc(C(=O)NCc2cnn(C)c2)c(-c2ccccc2)s1. The smallest absolute Gasteiger partial charge is 0.271 e. The van der Waals surface area contributed by atoms with Gasteiger partial charge in [0.05, 0.1) is 16.1 Å². The number of nitrogens with zero attached hydrogens (tertiary/aromatic N) is 3. The second kappa shape index (κ2) is 6.11. The average molecular weight is 312 g/mol. The average Bonchev–Trinajstić information content (AvgIpc) is 3.11. The van der Waals surface area contributed by atoms with Crippen molar-refractivity contribution < 1.29 is 4.79 Å². The molecule has 3 aromatic rings. The van der Waals surface area contributed by atoms with Crippen LogP contribution < -0.4 is 5.32 Å². The topological polar surface area (TPSA) is 59.8 Å². The Morgan fingerprint density at radius 1 is 1.32 bits per heavy atom. The molecule has 1 N–H and O–H groups in total. The number of rotatable bonds is 4. The highest BCUT2D eigenvalue weighted by Gasteiger charge is 2.18. The fourth-order valence-corrected chi connectivity index (χ4v) is 3.12. The van der Waals surface area contributed by atoms with Crippen molar-refractivity contribution in [2.45, 2.75) is 13.5 Å². The van der Waals surface area contributed by atoms with Gasteiger partial charge in [-0.25, -0.2) is 4.98 Å². The van der Waals surface area contributed by atoms with E-state index in [-0.39, 0.29) is 5.91 Å². The van der Waals surface area contributed by atoms with Crippen molar-refractivity contribution in [3.05, 3.63) is 59.0 Å². The molecule has 0 radical (unpaired) electrons. The standard InChI is InChI=1S/C16H16N4OS/c1-11-19-14(15(22-11)13-6-4-3-5-7-13)16(21)17-8-12-9-18-20(2)10-12/h3-7,9-10H,8H2,1-2H3,(H,17,21). The molecule has 0 fully saturated rings. The zero-order chi connectivity index (χ0) is 15.5. The summed E-state index contributed by atoms with van der Waals surface area (Å²) in [5.74, 6) is -0.160. The molecule has 0 spiro atoms. The van der Waals surface area contributed by atoms with E-state index in [4.69, 9.17) is 0 Å². The van der Waals surface area contributed by atoms with E-state index in [0.29, 0.717) is 12.2 Å². The van der Waals surface area contributed by atoms with Crippen LogP contribution in [0.2, 0.25) is 0 Å². The van der Waals surface area contributed by atoms with E-state index in [9.17, 15) is 4.79 Å². The molecule has 2 aromatic heterocycles. The molecule has 22 heavy (non-hydrogen) atoms. The van der Waals surface area contributed by atoms with Crippen molar-refractivity contribution >= 4 is 17.2 Å². The second-order valence-electron chi connectivity index (χ2n) is 4.98. The van der Waals surface area contributed by atoms with Gasteiger partial charge in [-0.3, -0.25) is 9.48 Å². The minimum atomic E-state index is -0.160. The van der Waals surface area contributed by atoms with Crippen LogP contribution in [0.4, 0.5) is 0 Å². The number of aryl methyl sites for hydroxylation is 2. The molecule has 0 saturated heterocycles. The van der Waals surface area contributed by atoms with Gasteiger partial charge in [-0.15, -0.1) is 11.3 Å². The molecular formula is C16H16N4OS. The third-order valence-corrected chi connectivity index (χ3v) is 4.22. The van der Waals surface area contributed by atoms with Gasteiger partial charge in [-0.1, -0.05) is 30.3 Å². The zero-order valence-electron chi connectivity index (χ0n) is 12.4. The second-order valence-corrected chi connectivity index (χ2v) is 6.18. The van der Waals surface area contributed by atoms with Crippen molar-refractivity contribution in [1.29, 1.82) is 0 Å². The molecule has 0 atom stereocenters. The summed E-state index contributed by atoms with van der Waals surface area (Å²) >= 11 is 1.53. The molecule has 2 heterocycles. The number of amides is 1. The molecule has 5 nitrogen and oxygen atoms in total. The Kier molecular flexibility index (Phi) is 4.02. The maximum Gasteiger partial charge on any atom is 0.271 e. The summed E-state index contributed by atoms with van der Waals surface area (Å²) in [5.41, 5.74) is 2.46. The first-order chi connectivity index (χ1) is 10.6. The number of aromatic nitrogens is 3. The van der Waals surface area contributed by atoms with E-state index < -0.39 is 0 Å². The number of thiazole rings is 1. The molecular weight excluding hydrogens is 296 g/mol. The fourth-order valence-electron chi connectivity index (χ4n) is 2.20. The van der Waals surface area contributed by atoms with E-state index >= 15 is 0 Å². The number of carbonyl (C=O) groups is 1. The van der Waals surface area contributed by atoms with E-state index in [1.54, 1.807) is 10.9 Å². The molecule has 3 rings (SSSR count). The van der Waals surface area contributed by atoms with Crippen LogP contribution in [-0.2, 0) is 13.6 Å². The van der Waals surface area contributed by atoms with Crippen molar-refractivity contribution in [1.82, 2.24) is 20.1 Å². The molecule has 1 aromatic carbocycles. The first kappa shape index (κ1) is 14.5. The first-order valence-electron chi connectivity index (χ1n) is 6.92. The Balaban J connectivity index is 1.81. The van der Waals surface area contributed by atoms with Crippen molar-refractivity contribution in [2.24, 2.45) is 7.05 Å². The number of benzene rings is 1. The van der Waals surface area contributed by atoms with Crippen LogP contribution in [0.25, 0.3) is 10.4 Å². The summed E-state index contributed by atoms with van der Waals surface area (Å²) in [6, 6.07) is 9.86. The van der Waals surface area contributed by atoms with Gasteiger partial charge in [0, 0.05) is 25.4 Å². The lowest BCUT2D eigenvalue weighted by Gasteiger charge is -2.04. The maximum absolute atomic E-state index is 12.4. The van der Waals surface area contributed by atoms with Crippen LogP contribution in [0.15, 0.2) is 42.7 Å². The van der Waals surface area contributed by atoms with Gasteiger partial charge in [0.15, 0.2) is 0 Å². The van der Waals surface area contributed by atoms with E-state index in [1.807, 2.05) is 50.5 Å². The molecule has 1 amide bonds. The van der Waals surface area contributed by atoms with Gasteiger partial charge in [0.1, 0.15) is 5.69 Å². The summed E-state index contributed by atoms with van der Waals surface area (Å²) in [4.78, 5) is 17.7. The van der Waals surface area contributed by atoms with Crippen molar-refractivity contribution in [2.75, 3.05) is 0 Å². The van der Waals surface area contributed by atoms with E-state index in [1.165, 1.54) is 11.3 Å². The highest BCUT2D eigenvalue weighted by Crippen LogP contribution is 2.29. The lowest BCUT2D eigenvalue weighted by Crippen LogP contribution is -2.23. The normalized spacial score (nSPS) is 10.6. The van der Waals surface area contributed by atoms with Gasteiger partial charge in [-0.05, 0) is 12.5 Å². The minimum Gasteiger partial charge on any atom is -0.346 e. The molecule has 0 aliphatic rings. The van der Waals surface area contributed by atoms with Gasteiger partial charge < -0.3 is 5.32 Å². The zero-order valence-corrected chi connectivity index (χ0v) is 13.2. The quantitative estimate of drug-likeness (QED) is 0.806. The number of carbonyl (C=O) groups excluding carboxylic acids is 1. The van der Waals surface area contributed by atoms with Gasteiger partial charge in [-0.2, -0.15) is 5.10 Å². The van der Waals surface area contributed by atoms with Gasteiger partial charge >= 0.3 is 0 Å². The lowest BCUT2D eigenvalue weighted by molar-refractivity contribution is 0.0947. The molecule has 112 valence electrons. The number of nitrogens with one attached hydrogen (secondary N) is 1. The third kappa shape index (κ3) is 3.07. The van der Waals surface area contributed by atoms with Crippen molar-refractivity contribution in [3.63, 3.8) is 0 Å². The maximum atomic E-state index is 12.4. The molecule has 0 bridgehead atoms. The Hall–Kier alpha value is -2.47. The van der Waals surface area contributed by atoms with Crippen LogP contribution in [0.3, 0.4) is 0 Å². The Morgan fingerprint density at radius 3 is 2.77 bits per heavy atom. The summed E-state index contributed by atoms with van der Waals surface area (Å²) in [6.07, 6.45) is 3.62. The molecule has 0 unspecified atom stereocenters. The predicted octanol–water partition coefficient (Wildman–Crippen LogP) is 2.78. The number of hydrogen-bond acceptors (Lipinski definition) is 4. The number of hydrogen-bond donors (Lipinski definition) is 1. The monoisotopic (exact) mass is 312 g/mol. The van der Waals surface area contributed by atoms with Crippen LogP contribution >= 0.6 is 11.3 Å².